The van der Waals surface area contributed by atoms with Crippen LogP contribution in [-0.2, 0) is 6.42 Å². The van der Waals surface area contributed by atoms with E-state index in [4.69, 9.17) is 0 Å². The fourth-order valence-electron chi connectivity index (χ4n) is 1.83. The molecule has 0 saturated heterocycles. The molecule has 1 N–H and O–H groups in total. The van der Waals surface area contributed by atoms with E-state index in [-0.39, 0.29) is 0 Å². The first-order chi connectivity index (χ1) is 7.79. The first-order valence-corrected chi connectivity index (χ1v) is 7.36. The van der Waals surface area contributed by atoms with Crippen LogP contribution in [0.15, 0.2) is 29.0 Å². The van der Waals surface area contributed by atoms with Crippen molar-refractivity contribution in [2.24, 2.45) is 0 Å². The van der Waals surface area contributed by atoms with Gasteiger partial charge in [-0.05, 0) is 41.9 Å². The molecule has 0 aromatic carbocycles. The van der Waals surface area contributed by atoms with Gasteiger partial charge < -0.3 is 5.32 Å². The van der Waals surface area contributed by atoms with Gasteiger partial charge in [-0.25, -0.2) is 0 Å². The van der Waals surface area contributed by atoms with Gasteiger partial charge in [0.25, 0.3) is 0 Å². The summed E-state index contributed by atoms with van der Waals surface area (Å²) in [7, 11) is 0. The van der Waals surface area contributed by atoms with Crippen molar-refractivity contribution in [3.05, 3.63) is 44.3 Å². The Balaban J connectivity index is 2.11. The molecule has 0 aliphatic carbocycles. The van der Waals surface area contributed by atoms with E-state index in [0.717, 1.165) is 13.0 Å². The summed E-state index contributed by atoms with van der Waals surface area (Å²) < 4.78 is 0. The zero-order chi connectivity index (χ0) is 11.4. The van der Waals surface area contributed by atoms with E-state index in [1.807, 2.05) is 22.7 Å². The molecule has 0 amide bonds. The summed E-state index contributed by atoms with van der Waals surface area (Å²) in [5, 5.41) is 7.99. The summed E-state index contributed by atoms with van der Waals surface area (Å²) >= 11 is 3.68. The van der Waals surface area contributed by atoms with Crippen LogP contribution in [0.2, 0.25) is 0 Å². The number of hydrogen-bond acceptors (Lipinski definition) is 3. The highest BCUT2D eigenvalue weighted by molar-refractivity contribution is 7.10. The summed E-state index contributed by atoms with van der Waals surface area (Å²) in [5.41, 5.74) is 1.43. The van der Waals surface area contributed by atoms with Crippen LogP contribution in [0, 0.1) is 6.92 Å². The lowest BCUT2D eigenvalue weighted by Gasteiger charge is -2.15. The molecule has 0 saturated carbocycles. The first kappa shape index (κ1) is 11.8. The van der Waals surface area contributed by atoms with Crippen LogP contribution >= 0.6 is 22.7 Å². The third kappa shape index (κ3) is 2.94. The predicted octanol–water partition coefficient (Wildman–Crippen LogP) is 4.01. The molecule has 0 spiro atoms. The topological polar surface area (TPSA) is 12.0 Å². The fourth-order valence-corrected chi connectivity index (χ4v) is 3.34. The normalized spacial score (nSPS) is 12.9. The van der Waals surface area contributed by atoms with Gasteiger partial charge >= 0.3 is 0 Å². The number of likely N-dealkylation sites (N-methyl/N-ethyl adjacent to an activating group) is 1. The van der Waals surface area contributed by atoms with E-state index in [2.05, 4.69) is 48.1 Å². The van der Waals surface area contributed by atoms with E-state index in [1.165, 1.54) is 15.3 Å². The van der Waals surface area contributed by atoms with Gasteiger partial charge in [0.05, 0.1) is 0 Å². The van der Waals surface area contributed by atoms with Crippen molar-refractivity contribution < 1.29 is 0 Å². The highest BCUT2D eigenvalue weighted by Crippen LogP contribution is 2.25. The fraction of sp³-hybridized carbons (Fsp3) is 0.385. The van der Waals surface area contributed by atoms with Gasteiger partial charge in [0.2, 0.25) is 0 Å². The molecular formula is C13H17NS2. The quantitative estimate of drug-likeness (QED) is 0.846. The van der Waals surface area contributed by atoms with Crippen molar-refractivity contribution in [2.45, 2.75) is 26.3 Å². The van der Waals surface area contributed by atoms with E-state index in [0.29, 0.717) is 6.04 Å². The van der Waals surface area contributed by atoms with Crippen molar-refractivity contribution in [2.75, 3.05) is 6.54 Å². The molecule has 2 aromatic heterocycles. The van der Waals surface area contributed by atoms with Gasteiger partial charge in [-0.2, -0.15) is 0 Å². The third-order valence-corrected chi connectivity index (χ3v) is 4.37. The van der Waals surface area contributed by atoms with E-state index in [1.54, 1.807) is 0 Å². The van der Waals surface area contributed by atoms with Gasteiger partial charge in [-0.1, -0.05) is 13.0 Å². The minimum Gasteiger partial charge on any atom is -0.310 e. The molecule has 16 heavy (non-hydrogen) atoms. The predicted molar refractivity (Wildman–Crippen MR) is 73.5 cm³/mol. The van der Waals surface area contributed by atoms with Crippen molar-refractivity contribution in [3.8, 4) is 0 Å². The SMILES string of the molecule is CCNC(Cc1cccs1)c1csc(C)c1. The van der Waals surface area contributed by atoms with Crippen molar-refractivity contribution in [1.82, 2.24) is 5.32 Å². The van der Waals surface area contributed by atoms with Crippen LogP contribution in [0.4, 0.5) is 0 Å². The Bertz CT molecular complexity index is 417. The Morgan fingerprint density at radius 2 is 2.25 bits per heavy atom. The minimum atomic E-state index is 0.466. The molecule has 86 valence electrons. The molecule has 3 heteroatoms. The van der Waals surface area contributed by atoms with Crippen molar-refractivity contribution in [1.29, 1.82) is 0 Å². The lowest BCUT2D eigenvalue weighted by atomic mass is 10.1. The molecule has 1 unspecified atom stereocenters. The Hall–Kier alpha value is -0.640. The minimum absolute atomic E-state index is 0.466. The van der Waals surface area contributed by atoms with Crippen LogP contribution in [-0.4, -0.2) is 6.54 Å². The van der Waals surface area contributed by atoms with Gasteiger partial charge in [0.1, 0.15) is 0 Å². The lowest BCUT2D eigenvalue weighted by molar-refractivity contribution is 0.555. The first-order valence-electron chi connectivity index (χ1n) is 5.60. The second-order valence-electron chi connectivity index (χ2n) is 3.88. The number of aryl methyl sites for hydroxylation is 1. The van der Waals surface area contributed by atoms with Gasteiger partial charge in [-0.15, -0.1) is 22.7 Å². The number of hydrogen-bond donors (Lipinski definition) is 1. The van der Waals surface area contributed by atoms with Crippen LogP contribution < -0.4 is 5.32 Å². The maximum Gasteiger partial charge on any atom is 0.0377 e. The van der Waals surface area contributed by atoms with Crippen LogP contribution in [0.3, 0.4) is 0 Å². The Morgan fingerprint density at radius 3 is 2.81 bits per heavy atom. The maximum absolute atomic E-state index is 3.56. The maximum atomic E-state index is 3.56. The Morgan fingerprint density at radius 1 is 1.38 bits per heavy atom. The zero-order valence-corrected chi connectivity index (χ0v) is 11.3. The van der Waals surface area contributed by atoms with E-state index >= 15 is 0 Å². The number of thiophene rings is 2. The summed E-state index contributed by atoms with van der Waals surface area (Å²) in [6.07, 6.45) is 1.10. The number of nitrogens with one attached hydrogen (secondary N) is 1. The molecule has 0 aliphatic rings. The third-order valence-electron chi connectivity index (χ3n) is 2.59. The second-order valence-corrected chi connectivity index (χ2v) is 6.03. The second kappa shape index (κ2) is 5.62. The molecule has 1 atom stereocenters. The smallest absolute Gasteiger partial charge is 0.0377 e. The molecule has 0 radical (unpaired) electrons. The average Bonchev–Trinajstić information content (AvgIpc) is 2.88. The summed E-state index contributed by atoms with van der Waals surface area (Å²) in [5.74, 6) is 0. The standard InChI is InChI=1S/C13H17NS2/c1-3-14-13(8-12-5-4-6-15-12)11-7-10(2)16-9-11/h4-7,9,13-14H,3,8H2,1-2H3. The molecular weight excluding hydrogens is 234 g/mol. The van der Waals surface area contributed by atoms with Gasteiger partial charge in [0.15, 0.2) is 0 Å². The monoisotopic (exact) mass is 251 g/mol. The zero-order valence-electron chi connectivity index (χ0n) is 9.69. The molecule has 0 aliphatic heterocycles. The summed E-state index contributed by atoms with van der Waals surface area (Å²) in [4.78, 5) is 2.85. The van der Waals surface area contributed by atoms with Crippen LogP contribution in [0.1, 0.15) is 28.3 Å². The molecule has 2 heterocycles. The van der Waals surface area contributed by atoms with Gasteiger partial charge in [-0.3, -0.25) is 0 Å². The molecule has 2 rings (SSSR count). The lowest BCUT2D eigenvalue weighted by Crippen LogP contribution is -2.22. The Labute approximate surface area is 105 Å². The highest BCUT2D eigenvalue weighted by atomic mass is 32.1. The van der Waals surface area contributed by atoms with Crippen LogP contribution in [0.25, 0.3) is 0 Å². The largest absolute Gasteiger partial charge is 0.310 e. The van der Waals surface area contributed by atoms with Crippen molar-refractivity contribution in [3.63, 3.8) is 0 Å². The van der Waals surface area contributed by atoms with Crippen LogP contribution in [0.5, 0.6) is 0 Å². The van der Waals surface area contributed by atoms with Gasteiger partial charge in [0, 0.05) is 22.2 Å². The Kier molecular flexibility index (Phi) is 4.16. The summed E-state index contributed by atoms with van der Waals surface area (Å²) in [6, 6.07) is 7.11. The van der Waals surface area contributed by atoms with E-state index in [9.17, 15) is 0 Å². The molecule has 0 fully saturated rings. The molecule has 1 nitrogen and oxygen atoms in total. The number of rotatable bonds is 5. The molecule has 0 bridgehead atoms. The summed E-state index contributed by atoms with van der Waals surface area (Å²) in [6.45, 7) is 5.36. The molecule has 2 aromatic rings. The van der Waals surface area contributed by atoms with E-state index < -0.39 is 0 Å². The highest BCUT2D eigenvalue weighted by Gasteiger charge is 2.12. The average molecular weight is 251 g/mol. The van der Waals surface area contributed by atoms with Crippen molar-refractivity contribution >= 4 is 22.7 Å².